The third-order valence-corrected chi connectivity index (χ3v) is 5.52. The molecule has 1 aromatic carbocycles. The Morgan fingerprint density at radius 2 is 2.23 bits per heavy atom. The molecule has 116 valence electrons. The number of hydrogen-bond acceptors (Lipinski definition) is 4. The lowest BCUT2D eigenvalue weighted by Gasteiger charge is -2.20. The fraction of sp³-hybridized carbons (Fsp3) is 0.375. The molecular weight excluding hydrogens is 320 g/mol. The Morgan fingerprint density at radius 3 is 2.95 bits per heavy atom. The van der Waals surface area contributed by atoms with Crippen molar-refractivity contribution in [3.05, 3.63) is 52.4 Å². The molecule has 6 heteroatoms. The number of benzene rings is 1. The van der Waals surface area contributed by atoms with E-state index in [1.807, 2.05) is 34.9 Å². The monoisotopic (exact) mass is 336 g/mol. The van der Waals surface area contributed by atoms with Crippen molar-refractivity contribution in [3.63, 3.8) is 0 Å². The van der Waals surface area contributed by atoms with E-state index in [1.54, 1.807) is 6.92 Å². The second-order valence-electron chi connectivity index (χ2n) is 5.26. The van der Waals surface area contributed by atoms with E-state index in [0.29, 0.717) is 23.1 Å². The molecule has 0 N–H and O–H groups in total. The summed E-state index contributed by atoms with van der Waals surface area (Å²) in [6, 6.07) is 7.95. The molecule has 0 bridgehead atoms. The molecule has 1 fully saturated rings. The highest BCUT2D eigenvalue weighted by molar-refractivity contribution is 7.99. The minimum absolute atomic E-state index is 0.000779. The van der Waals surface area contributed by atoms with Crippen LogP contribution in [0.4, 0.5) is 0 Å². The van der Waals surface area contributed by atoms with Crippen molar-refractivity contribution in [2.45, 2.75) is 18.6 Å². The molecule has 1 aliphatic rings. The van der Waals surface area contributed by atoms with Gasteiger partial charge in [-0.15, -0.1) is 0 Å². The number of nitrogens with zero attached hydrogens (tertiary/aromatic N) is 2. The molecule has 0 saturated carbocycles. The molecule has 2 aromatic rings. The average molecular weight is 337 g/mol. The first kappa shape index (κ1) is 15.4. The topological polar surface area (TPSA) is 46.3 Å². The maximum atomic E-state index is 12.5. The number of aryl methyl sites for hydroxylation is 1. The lowest BCUT2D eigenvalue weighted by Crippen LogP contribution is -2.33. The van der Waals surface area contributed by atoms with Gasteiger partial charge in [0.25, 0.3) is 5.91 Å². The molecule has 1 aromatic heterocycles. The van der Waals surface area contributed by atoms with E-state index in [2.05, 4.69) is 11.2 Å². The summed E-state index contributed by atoms with van der Waals surface area (Å²) in [6.07, 6.45) is 2.39. The molecule has 1 aliphatic heterocycles. The maximum Gasteiger partial charge on any atom is 0.259 e. The molecule has 0 radical (unpaired) electrons. The SMILES string of the molecule is Cc1oncc1C(=O)N1CCS[C@@H](c2ccccc2Cl)CC1. The Hall–Kier alpha value is -1.46. The van der Waals surface area contributed by atoms with E-state index in [0.717, 1.165) is 29.3 Å². The highest BCUT2D eigenvalue weighted by Gasteiger charge is 2.25. The molecule has 4 nitrogen and oxygen atoms in total. The third kappa shape index (κ3) is 3.15. The summed E-state index contributed by atoms with van der Waals surface area (Å²) < 4.78 is 4.99. The van der Waals surface area contributed by atoms with Crippen molar-refractivity contribution in [3.8, 4) is 0 Å². The quantitative estimate of drug-likeness (QED) is 0.832. The lowest BCUT2D eigenvalue weighted by molar-refractivity contribution is 0.0765. The van der Waals surface area contributed by atoms with Gasteiger partial charge in [0, 0.05) is 29.1 Å². The van der Waals surface area contributed by atoms with Crippen LogP contribution in [0.1, 0.15) is 33.4 Å². The van der Waals surface area contributed by atoms with Crippen LogP contribution in [0.5, 0.6) is 0 Å². The first-order valence-corrected chi connectivity index (χ1v) is 8.66. The summed E-state index contributed by atoms with van der Waals surface area (Å²) in [5, 5.41) is 4.82. The number of amides is 1. The molecular formula is C16H17ClN2O2S. The zero-order chi connectivity index (χ0) is 15.5. The van der Waals surface area contributed by atoms with Gasteiger partial charge >= 0.3 is 0 Å². The van der Waals surface area contributed by atoms with Gasteiger partial charge in [0.15, 0.2) is 0 Å². The second kappa shape index (κ2) is 6.75. The van der Waals surface area contributed by atoms with Crippen LogP contribution in [0.25, 0.3) is 0 Å². The molecule has 0 spiro atoms. The molecule has 1 atom stereocenters. The van der Waals surface area contributed by atoms with Crippen LogP contribution in [-0.2, 0) is 0 Å². The van der Waals surface area contributed by atoms with E-state index in [-0.39, 0.29) is 5.91 Å². The first-order chi connectivity index (χ1) is 10.7. The van der Waals surface area contributed by atoms with Crippen LogP contribution in [0, 0.1) is 6.92 Å². The predicted octanol–water partition coefficient (Wildman–Crippen LogP) is 3.96. The van der Waals surface area contributed by atoms with Crippen molar-refractivity contribution in [2.24, 2.45) is 0 Å². The summed E-state index contributed by atoms with van der Waals surface area (Å²) in [6.45, 7) is 3.21. The smallest absolute Gasteiger partial charge is 0.259 e. The van der Waals surface area contributed by atoms with Gasteiger partial charge in [-0.1, -0.05) is 35.0 Å². The van der Waals surface area contributed by atoms with Crippen molar-refractivity contribution < 1.29 is 9.32 Å². The zero-order valence-corrected chi connectivity index (χ0v) is 13.9. The van der Waals surface area contributed by atoms with Gasteiger partial charge in [0.1, 0.15) is 11.3 Å². The minimum Gasteiger partial charge on any atom is -0.361 e. The van der Waals surface area contributed by atoms with Crippen molar-refractivity contribution in [1.29, 1.82) is 0 Å². The largest absolute Gasteiger partial charge is 0.361 e. The van der Waals surface area contributed by atoms with Crippen LogP contribution in [-0.4, -0.2) is 34.8 Å². The Balaban J connectivity index is 1.72. The van der Waals surface area contributed by atoms with Crippen LogP contribution >= 0.6 is 23.4 Å². The highest BCUT2D eigenvalue weighted by atomic mass is 35.5. The summed E-state index contributed by atoms with van der Waals surface area (Å²) in [5.74, 6) is 1.47. The van der Waals surface area contributed by atoms with Crippen molar-refractivity contribution in [2.75, 3.05) is 18.8 Å². The standard InChI is InChI=1S/C16H17ClN2O2S/c1-11-13(10-18-21-11)16(20)19-7-6-15(22-9-8-19)12-4-2-3-5-14(12)17/h2-5,10,15H,6-9H2,1H3/t15-/m1/s1. The van der Waals surface area contributed by atoms with Crippen LogP contribution in [0.3, 0.4) is 0 Å². The molecule has 3 rings (SSSR count). The van der Waals surface area contributed by atoms with E-state index < -0.39 is 0 Å². The molecule has 2 heterocycles. The summed E-state index contributed by atoms with van der Waals surface area (Å²) >= 11 is 8.15. The highest BCUT2D eigenvalue weighted by Crippen LogP contribution is 2.38. The lowest BCUT2D eigenvalue weighted by atomic mass is 10.1. The number of rotatable bonds is 2. The van der Waals surface area contributed by atoms with E-state index in [9.17, 15) is 4.79 Å². The van der Waals surface area contributed by atoms with Gasteiger partial charge in [-0.3, -0.25) is 4.79 Å². The second-order valence-corrected chi connectivity index (χ2v) is 6.98. The van der Waals surface area contributed by atoms with E-state index in [4.69, 9.17) is 16.1 Å². The van der Waals surface area contributed by atoms with E-state index in [1.165, 1.54) is 6.20 Å². The van der Waals surface area contributed by atoms with Crippen LogP contribution in [0.15, 0.2) is 35.0 Å². The summed E-state index contributed by atoms with van der Waals surface area (Å²) in [4.78, 5) is 14.4. The number of carbonyl (C=O) groups excluding carboxylic acids is 1. The number of halogens is 1. The average Bonchev–Trinajstić information content (AvgIpc) is 2.80. The van der Waals surface area contributed by atoms with Gasteiger partial charge < -0.3 is 9.42 Å². The Labute approximate surface area is 138 Å². The molecule has 0 aliphatic carbocycles. The van der Waals surface area contributed by atoms with Gasteiger partial charge in [-0.05, 0) is 25.0 Å². The summed E-state index contributed by atoms with van der Waals surface area (Å²) in [7, 11) is 0. The molecule has 1 amide bonds. The number of aromatic nitrogens is 1. The van der Waals surface area contributed by atoms with Crippen LogP contribution < -0.4 is 0 Å². The van der Waals surface area contributed by atoms with Crippen molar-refractivity contribution in [1.82, 2.24) is 10.1 Å². The predicted molar refractivity (Wildman–Crippen MR) is 88.4 cm³/mol. The fourth-order valence-corrected chi connectivity index (χ4v) is 4.23. The zero-order valence-electron chi connectivity index (χ0n) is 12.3. The maximum absolute atomic E-state index is 12.5. The van der Waals surface area contributed by atoms with Gasteiger partial charge in [-0.25, -0.2) is 0 Å². The summed E-state index contributed by atoms with van der Waals surface area (Å²) in [5.41, 5.74) is 1.71. The normalized spacial score (nSPS) is 19.0. The number of hydrogen-bond donors (Lipinski definition) is 0. The molecule has 0 unspecified atom stereocenters. The minimum atomic E-state index is -0.000779. The Kier molecular flexibility index (Phi) is 4.74. The number of thioether (sulfide) groups is 1. The fourth-order valence-electron chi connectivity index (χ4n) is 2.63. The van der Waals surface area contributed by atoms with Gasteiger partial charge in [-0.2, -0.15) is 11.8 Å². The van der Waals surface area contributed by atoms with Gasteiger partial charge in [0.2, 0.25) is 0 Å². The Morgan fingerprint density at radius 1 is 1.41 bits per heavy atom. The van der Waals surface area contributed by atoms with E-state index >= 15 is 0 Å². The van der Waals surface area contributed by atoms with Crippen molar-refractivity contribution >= 4 is 29.3 Å². The third-order valence-electron chi connectivity index (χ3n) is 3.86. The molecule has 22 heavy (non-hydrogen) atoms. The Bertz CT molecular complexity index is 674. The van der Waals surface area contributed by atoms with Crippen LogP contribution in [0.2, 0.25) is 5.02 Å². The molecule has 1 saturated heterocycles. The number of carbonyl (C=O) groups is 1. The first-order valence-electron chi connectivity index (χ1n) is 7.23. The van der Waals surface area contributed by atoms with Gasteiger partial charge in [0.05, 0.1) is 6.20 Å².